The second-order valence-corrected chi connectivity index (χ2v) is 6.78. The van der Waals surface area contributed by atoms with Crippen LogP contribution in [-0.2, 0) is 6.18 Å². The van der Waals surface area contributed by atoms with Gasteiger partial charge in [0.25, 0.3) is 11.8 Å². The molecular weight excluding hydrogens is 353 g/mol. The number of hydrogen-bond donors (Lipinski definition) is 2. The van der Waals surface area contributed by atoms with Crippen LogP contribution in [0.3, 0.4) is 0 Å². The monoisotopic (exact) mass is 370 g/mol. The first-order valence-electron chi connectivity index (χ1n) is 7.42. The number of nitrogens with two attached hydrogens (primary N) is 1. The van der Waals surface area contributed by atoms with Gasteiger partial charge in [-0.15, -0.1) is 11.3 Å². The molecular formula is C17H17F3N2O2S. The summed E-state index contributed by atoms with van der Waals surface area (Å²) in [6.45, 7) is 5.22. The van der Waals surface area contributed by atoms with Crippen LogP contribution < -0.4 is 11.1 Å². The van der Waals surface area contributed by atoms with Crippen molar-refractivity contribution in [2.24, 2.45) is 5.73 Å². The van der Waals surface area contributed by atoms with Gasteiger partial charge >= 0.3 is 6.18 Å². The van der Waals surface area contributed by atoms with Crippen LogP contribution in [0, 0.1) is 6.92 Å². The smallest absolute Gasteiger partial charge is 0.365 e. The number of benzene rings is 1. The van der Waals surface area contributed by atoms with E-state index in [0.717, 1.165) is 35.1 Å². The third-order valence-electron chi connectivity index (χ3n) is 3.70. The molecule has 2 amide bonds. The van der Waals surface area contributed by atoms with Crippen LogP contribution >= 0.6 is 11.3 Å². The number of hydrogen-bond acceptors (Lipinski definition) is 3. The molecule has 0 aliphatic carbocycles. The SMILES string of the molecule is Cc1cc(C(F)(F)F)ccc1C(=O)Nc1c(C(C)C)csc1C(N)=O. The zero-order chi connectivity index (χ0) is 18.9. The third kappa shape index (κ3) is 4.01. The van der Waals surface area contributed by atoms with Crippen molar-refractivity contribution in [1.29, 1.82) is 0 Å². The van der Waals surface area contributed by atoms with Crippen LogP contribution in [0.1, 0.15) is 56.5 Å². The van der Waals surface area contributed by atoms with E-state index in [1.165, 1.54) is 6.92 Å². The van der Waals surface area contributed by atoms with E-state index in [9.17, 15) is 22.8 Å². The topological polar surface area (TPSA) is 72.2 Å². The fourth-order valence-electron chi connectivity index (χ4n) is 2.38. The molecule has 2 aromatic rings. The Hall–Kier alpha value is -2.35. The minimum absolute atomic E-state index is 0.0355. The number of nitrogens with one attached hydrogen (secondary N) is 1. The highest BCUT2D eigenvalue weighted by molar-refractivity contribution is 7.13. The molecule has 4 nitrogen and oxygen atoms in total. The molecule has 0 spiro atoms. The normalized spacial score (nSPS) is 11.6. The molecule has 1 heterocycles. The first-order valence-corrected chi connectivity index (χ1v) is 8.30. The van der Waals surface area contributed by atoms with Crippen molar-refractivity contribution < 1.29 is 22.8 Å². The van der Waals surface area contributed by atoms with Crippen molar-refractivity contribution in [1.82, 2.24) is 0 Å². The number of aryl methyl sites for hydroxylation is 1. The van der Waals surface area contributed by atoms with Crippen LogP contribution in [0.4, 0.5) is 18.9 Å². The summed E-state index contributed by atoms with van der Waals surface area (Å²) in [6.07, 6.45) is -4.48. The average Bonchev–Trinajstić information content (AvgIpc) is 2.89. The minimum Gasteiger partial charge on any atom is -0.365 e. The Morgan fingerprint density at radius 2 is 1.88 bits per heavy atom. The van der Waals surface area contributed by atoms with Gasteiger partial charge < -0.3 is 11.1 Å². The number of rotatable bonds is 4. The minimum atomic E-state index is -4.48. The molecule has 0 aliphatic rings. The van der Waals surface area contributed by atoms with Crippen molar-refractivity contribution in [3.8, 4) is 0 Å². The third-order valence-corrected chi connectivity index (χ3v) is 4.71. The van der Waals surface area contributed by atoms with Gasteiger partial charge in [0.1, 0.15) is 4.88 Å². The Bertz CT molecular complexity index is 826. The van der Waals surface area contributed by atoms with Crippen LogP contribution in [0.25, 0.3) is 0 Å². The number of halogens is 3. The highest BCUT2D eigenvalue weighted by Crippen LogP contribution is 2.34. The van der Waals surface area contributed by atoms with E-state index in [0.29, 0.717) is 5.69 Å². The van der Waals surface area contributed by atoms with E-state index in [4.69, 9.17) is 5.73 Å². The van der Waals surface area contributed by atoms with E-state index in [1.54, 1.807) is 5.38 Å². The van der Waals surface area contributed by atoms with Gasteiger partial charge in [0, 0.05) is 5.56 Å². The molecule has 0 aliphatic heterocycles. The predicted octanol–water partition coefficient (Wildman–Crippen LogP) is 4.55. The van der Waals surface area contributed by atoms with Gasteiger partial charge in [-0.2, -0.15) is 13.2 Å². The Morgan fingerprint density at radius 3 is 2.36 bits per heavy atom. The van der Waals surface area contributed by atoms with E-state index in [1.807, 2.05) is 13.8 Å². The van der Waals surface area contributed by atoms with Crippen LogP contribution in [0.15, 0.2) is 23.6 Å². The van der Waals surface area contributed by atoms with Crippen LogP contribution in [0.2, 0.25) is 0 Å². The molecule has 0 unspecified atom stereocenters. The largest absolute Gasteiger partial charge is 0.416 e. The highest BCUT2D eigenvalue weighted by atomic mass is 32.1. The summed E-state index contributed by atoms with van der Waals surface area (Å²) in [5.41, 5.74) is 5.87. The number of carbonyl (C=O) groups excluding carboxylic acids is 2. The molecule has 3 N–H and O–H groups in total. The van der Waals surface area contributed by atoms with Crippen LogP contribution in [0.5, 0.6) is 0 Å². The number of thiophene rings is 1. The molecule has 134 valence electrons. The Morgan fingerprint density at radius 1 is 1.24 bits per heavy atom. The van der Waals surface area contributed by atoms with E-state index < -0.39 is 23.6 Å². The second kappa shape index (κ2) is 6.87. The summed E-state index contributed by atoms with van der Waals surface area (Å²) in [7, 11) is 0. The average molecular weight is 370 g/mol. The number of amides is 2. The summed E-state index contributed by atoms with van der Waals surface area (Å²) in [5.74, 6) is -1.22. The lowest BCUT2D eigenvalue weighted by Gasteiger charge is -2.13. The summed E-state index contributed by atoms with van der Waals surface area (Å²) in [6, 6.07) is 2.90. The number of anilines is 1. The number of primary amides is 1. The molecule has 1 aromatic carbocycles. The zero-order valence-electron chi connectivity index (χ0n) is 13.8. The van der Waals surface area contributed by atoms with Gasteiger partial charge in [0.2, 0.25) is 0 Å². The van der Waals surface area contributed by atoms with Gasteiger partial charge in [0.05, 0.1) is 11.3 Å². The molecule has 2 rings (SSSR count). The molecule has 0 bridgehead atoms. The second-order valence-electron chi connectivity index (χ2n) is 5.90. The maximum atomic E-state index is 12.7. The fourth-order valence-corrected chi connectivity index (χ4v) is 3.42. The lowest BCUT2D eigenvalue weighted by atomic mass is 10.0. The lowest BCUT2D eigenvalue weighted by Crippen LogP contribution is -2.19. The molecule has 0 saturated carbocycles. The maximum Gasteiger partial charge on any atom is 0.416 e. The molecule has 8 heteroatoms. The first-order chi connectivity index (χ1) is 11.5. The molecule has 1 aromatic heterocycles. The Kier molecular flexibility index (Phi) is 5.22. The number of alkyl halides is 3. The molecule has 0 saturated heterocycles. The van der Waals surface area contributed by atoms with Gasteiger partial charge in [-0.05, 0) is 47.5 Å². The quantitative estimate of drug-likeness (QED) is 0.829. The maximum absolute atomic E-state index is 12.7. The summed E-state index contributed by atoms with van der Waals surface area (Å²) in [4.78, 5) is 24.3. The Labute approximate surface area is 146 Å². The first kappa shape index (κ1) is 19.0. The van der Waals surface area contributed by atoms with E-state index in [2.05, 4.69) is 5.32 Å². The van der Waals surface area contributed by atoms with Crippen molar-refractivity contribution in [3.05, 3.63) is 50.7 Å². The van der Waals surface area contributed by atoms with Crippen molar-refractivity contribution >= 4 is 28.8 Å². The lowest BCUT2D eigenvalue weighted by molar-refractivity contribution is -0.137. The molecule has 25 heavy (non-hydrogen) atoms. The zero-order valence-corrected chi connectivity index (χ0v) is 14.6. The van der Waals surface area contributed by atoms with Gasteiger partial charge in [0.15, 0.2) is 0 Å². The van der Waals surface area contributed by atoms with Crippen molar-refractivity contribution in [2.75, 3.05) is 5.32 Å². The summed E-state index contributed by atoms with van der Waals surface area (Å²) >= 11 is 1.12. The van der Waals surface area contributed by atoms with Gasteiger partial charge in [-0.3, -0.25) is 9.59 Å². The molecule has 0 radical (unpaired) electrons. The Balaban J connectivity index is 2.38. The van der Waals surface area contributed by atoms with Crippen molar-refractivity contribution in [2.45, 2.75) is 32.9 Å². The summed E-state index contributed by atoms with van der Waals surface area (Å²) in [5, 5.41) is 4.36. The predicted molar refractivity (Wildman–Crippen MR) is 91.1 cm³/mol. The van der Waals surface area contributed by atoms with Crippen LogP contribution in [-0.4, -0.2) is 11.8 Å². The number of carbonyl (C=O) groups is 2. The van der Waals surface area contributed by atoms with Gasteiger partial charge in [-0.25, -0.2) is 0 Å². The summed E-state index contributed by atoms with van der Waals surface area (Å²) < 4.78 is 38.2. The highest BCUT2D eigenvalue weighted by Gasteiger charge is 2.31. The van der Waals surface area contributed by atoms with Gasteiger partial charge in [-0.1, -0.05) is 13.8 Å². The standard InChI is InChI=1S/C17H17F3N2O2S/c1-8(2)12-7-25-14(15(21)23)13(12)22-16(24)11-5-4-10(6-9(11)3)17(18,19)20/h4-8H,1-3H3,(H2,21,23)(H,22,24). The van der Waals surface area contributed by atoms with Crippen molar-refractivity contribution in [3.63, 3.8) is 0 Å². The fraction of sp³-hybridized carbons (Fsp3) is 0.294. The van der Waals surface area contributed by atoms with E-state index in [-0.39, 0.29) is 21.9 Å². The molecule has 0 atom stereocenters. The van der Waals surface area contributed by atoms with E-state index >= 15 is 0 Å². The molecule has 0 fully saturated rings.